The van der Waals surface area contributed by atoms with E-state index in [4.69, 9.17) is 11.6 Å². The largest absolute Gasteiger partial charge is 0.573 e. The van der Waals surface area contributed by atoms with Gasteiger partial charge in [0.1, 0.15) is 5.75 Å². The summed E-state index contributed by atoms with van der Waals surface area (Å²) in [5.41, 5.74) is 1.85. The SMILES string of the molecule is Cc1ccc(Cl)cc1NC(=O)NCc1cccc(OC(F)(F)F)c1. The number of rotatable bonds is 4. The van der Waals surface area contributed by atoms with E-state index in [1.807, 2.05) is 6.92 Å². The number of anilines is 1. The smallest absolute Gasteiger partial charge is 0.406 e. The zero-order chi connectivity index (χ0) is 17.7. The van der Waals surface area contributed by atoms with E-state index < -0.39 is 12.4 Å². The molecule has 8 heteroatoms. The Kier molecular flexibility index (Phi) is 5.56. The highest BCUT2D eigenvalue weighted by Gasteiger charge is 2.31. The van der Waals surface area contributed by atoms with Crippen LogP contribution in [-0.2, 0) is 6.54 Å². The van der Waals surface area contributed by atoms with Gasteiger partial charge in [-0.25, -0.2) is 4.79 Å². The van der Waals surface area contributed by atoms with E-state index in [-0.39, 0.29) is 12.3 Å². The van der Waals surface area contributed by atoms with Crippen molar-refractivity contribution in [3.05, 3.63) is 58.6 Å². The van der Waals surface area contributed by atoms with E-state index in [9.17, 15) is 18.0 Å². The fraction of sp³-hybridized carbons (Fsp3) is 0.188. The number of hydrogen-bond donors (Lipinski definition) is 2. The van der Waals surface area contributed by atoms with Crippen molar-refractivity contribution < 1.29 is 22.7 Å². The molecule has 2 aromatic carbocycles. The highest BCUT2D eigenvalue weighted by molar-refractivity contribution is 6.31. The number of aryl methyl sites for hydroxylation is 1. The van der Waals surface area contributed by atoms with E-state index in [2.05, 4.69) is 15.4 Å². The summed E-state index contributed by atoms with van der Waals surface area (Å²) in [6, 6.07) is 9.95. The standard InChI is InChI=1S/C16H14ClF3N2O2/c1-10-5-6-12(17)8-14(10)22-15(23)21-9-11-3-2-4-13(7-11)24-16(18,19)20/h2-8H,9H2,1H3,(H2,21,22,23). The maximum Gasteiger partial charge on any atom is 0.573 e. The van der Waals surface area contributed by atoms with Crippen LogP contribution in [0.5, 0.6) is 5.75 Å². The highest BCUT2D eigenvalue weighted by Crippen LogP contribution is 2.23. The molecule has 0 heterocycles. The zero-order valence-electron chi connectivity index (χ0n) is 12.6. The van der Waals surface area contributed by atoms with E-state index in [1.54, 1.807) is 24.3 Å². The van der Waals surface area contributed by atoms with Crippen LogP contribution in [0.25, 0.3) is 0 Å². The molecule has 0 aliphatic rings. The zero-order valence-corrected chi connectivity index (χ0v) is 13.3. The van der Waals surface area contributed by atoms with Crippen LogP contribution in [0.1, 0.15) is 11.1 Å². The molecule has 0 saturated carbocycles. The molecule has 4 nitrogen and oxygen atoms in total. The van der Waals surface area contributed by atoms with Crippen LogP contribution in [-0.4, -0.2) is 12.4 Å². The Morgan fingerprint density at radius 2 is 1.96 bits per heavy atom. The van der Waals surface area contributed by atoms with Crippen molar-refractivity contribution in [2.24, 2.45) is 0 Å². The number of carbonyl (C=O) groups excluding carboxylic acids is 1. The third-order valence-electron chi connectivity index (χ3n) is 3.03. The van der Waals surface area contributed by atoms with Gasteiger partial charge >= 0.3 is 12.4 Å². The van der Waals surface area contributed by atoms with Crippen molar-refractivity contribution in [1.82, 2.24) is 5.32 Å². The first-order chi connectivity index (χ1) is 11.2. The average Bonchev–Trinajstić information content (AvgIpc) is 2.48. The normalized spacial score (nSPS) is 11.0. The molecule has 2 aromatic rings. The minimum atomic E-state index is -4.76. The molecule has 0 atom stereocenters. The lowest BCUT2D eigenvalue weighted by molar-refractivity contribution is -0.274. The molecule has 2 N–H and O–H groups in total. The van der Waals surface area contributed by atoms with Gasteiger partial charge < -0.3 is 15.4 Å². The van der Waals surface area contributed by atoms with Gasteiger partial charge in [-0.3, -0.25) is 0 Å². The Morgan fingerprint density at radius 1 is 1.21 bits per heavy atom. The summed E-state index contributed by atoms with van der Waals surface area (Å²) in [6.07, 6.45) is -4.76. The molecule has 0 unspecified atom stereocenters. The molecule has 0 fully saturated rings. The molecule has 0 spiro atoms. The van der Waals surface area contributed by atoms with Gasteiger partial charge in [0.05, 0.1) is 0 Å². The van der Waals surface area contributed by atoms with Gasteiger partial charge in [-0.15, -0.1) is 13.2 Å². The molecule has 24 heavy (non-hydrogen) atoms. The third kappa shape index (κ3) is 5.66. The second-order valence-corrected chi connectivity index (χ2v) is 5.40. The number of carbonyl (C=O) groups is 1. The Balaban J connectivity index is 1.94. The molecule has 0 bridgehead atoms. The maximum atomic E-state index is 12.2. The highest BCUT2D eigenvalue weighted by atomic mass is 35.5. The molecule has 0 aliphatic heterocycles. The van der Waals surface area contributed by atoms with Crippen LogP contribution < -0.4 is 15.4 Å². The summed E-state index contributed by atoms with van der Waals surface area (Å²) in [4.78, 5) is 11.9. The van der Waals surface area contributed by atoms with Crippen LogP contribution in [0, 0.1) is 6.92 Å². The van der Waals surface area contributed by atoms with Crippen LogP contribution in [0.15, 0.2) is 42.5 Å². The van der Waals surface area contributed by atoms with Gasteiger partial charge in [0.15, 0.2) is 0 Å². The molecule has 2 rings (SSSR count). The Bertz CT molecular complexity index is 736. The fourth-order valence-corrected chi connectivity index (χ4v) is 2.10. The Hall–Kier alpha value is -2.41. The number of ether oxygens (including phenoxy) is 1. The van der Waals surface area contributed by atoms with E-state index in [0.29, 0.717) is 16.3 Å². The van der Waals surface area contributed by atoms with E-state index in [1.165, 1.54) is 18.2 Å². The molecule has 0 aliphatic carbocycles. The van der Waals surface area contributed by atoms with Crippen molar-refractivity contribution in [1.29, 1.82) is 0 Å². The number of benzene rings is 2. The van der Waals surface area contributed by atoms with E-state index in [0.717, 1.165) is 5.56 Å². The first-order valence-electron chi connectivity index (χ1n) is 6.88. The molecule has 0 aromatic heterocycles. The average molecular weight is 359 g/mol. The molecule has 128 valence electrons. The van der Waals surface area contributed by atoms with Crippen LogP contribution in [0.4, 0.5) is 23.7 Å². The number of nitrogens with one attached hydrogen (secondary N) is 2. The summed E-state index contributed by atoms with van der Waals surface area (Å²) >= 11 is 5.87. The molecular weight excluding hydrogens is 345 g/mol. The van der Waals surface area contributed by atoms with Crippen molar-refractivity contribution in [2.45, 2.75) is 19.8 Å². The first kappa shape index (κ1) is 17.9. The first-order valence-corrected chi connectivity index (χ1v) is 7.26. The monoisotopic (exact) mass is 358 g/mol. The molecule has 2 amide bonds. The lowest BCUT2D eigenvalue weighted by Crippen LogP contribution is -2.28. The number of alkyl halides is 3. The van der Waals surface area contributed by atoms with Gasteiger partial charge in [0.25, 0.3) is 0 Å². The van der Waals surface area contributed by atoms with Crippen molar-refractivity contribution in [3.63, 3.8) is 0 Å². The van der Waals surface area contributed by atoms with Gasteiger partial charge in [0, 0.05) is 17.3 Å². The Morgan fingerprint density at radius 3 is 2.67 bits per heavy atom. The summed E-state index contributed by atoms with van der Waals surface area (Å²) in [6.45, 7) is 1.85. The van der Waals surface area contributed by atoms with Crippen LogP contribution in [0.3, 0.4) is 0 Å². The summed E-state index contributed by atoms with van der Waals surface area (Å²) < 4.78 is 40.4. The second kappa shape index (κ2) is 7.44. The van der Waals surface area contributed by atoms with E-state index >= 15 is 0 Å². The summed E-state index contributed by atoms with van der Waals surface area (Å²) in [5, 5.41) is 5.66. The minimum Gasteiger partial charge on any atom is -0.406 e. The number of urea groups is 1. The fourth-order valence-electron chi connectivity index (χ4n) is 1.93. The van der Waals surface area contributed by atoms with Gasteiger partial charge in [-0.05, 0) is 42.3 Å². The number of hydrogen-bond acceptors (Lipinski definition) is 2. The number of halogens is 4. The predicted molar refractivity (Wildman–Crippen MR) is 85.2 cm³/mol. The van der Waals surface area contributed by atoms with Crippen LogP contribution in [0.2, 0.25) is 5.02 Å². The third-order valence-corrected chi connectivity index (χ3v) is 3.27. The Labute approximate surface area is 141 Å². The lowest BCUT2D eigenvalue weighted by atomic mass is 10.2. The number of amides is 2. The summed E-state index contributed by atoms with van der Waals surface area (Å²) in [7, 11) is 0. The minimum absolute atomic E-state index is 0.0422. The predicted octanol–water partition coefficient (Wildman–Crippen LogP) is 4.87. The lowest BCUT2D eigenvalue weighted by Gasteiger charge is -2.12. The van der Waals surface area contributed by atoms with Crippen LogP contribution >= 0.6 is 11.6 Å². The van der Waals surface area contributed by atoms with Crippen molar-refractivity contribution >= 4 is 23.3 Å². The summed E-state index contributed by atoms with van der Waals surface area (Å²) in [5.74, 6) is -0.340. The quantitative estimate of drug-likeness (QED) is 0.819. The van der Waals surface area contributed by atoms with Crippen molar-refractivity contribution in [3.8, 4) is 5.75 Å². The van der Waals surface area contributed by atoms with Gasteiger partial charge in [-0.1, -0.05) is 29.8 Å². The topological polar surface area (TPSA) is 50.4 Å². The van der Waals surface area contributed by atoms with Gasteiger partial charge in [0.2, 0.25) is 0 Å². The molecule has 0 radical (unpaired) electrons. The maximum absolute atomic E-state index is 12.2. The second-order valence-electron chi connectivity index (χ2n) is 4.96. The van der Waals surface area contributed by atoms with Gasteiger partial charge in [-0.2, -0.15) is 0 Å². The van der Waals surface area contributed by atoms with Crippen molar-refractivity contribution in [2.75, 3.05) is 5.32 Å². The molecular formula is C16H14ClF3N2O2. The molecule has 0 saturated heterocycles.